The number of benzene rings is 1. The number of carboxylic acid groups (broad SMARTS) is 1. The van der Waals surface area contributed by atoms with Crippen LogP contribution in [0.5, 0.6) is 0 Å². The van der Waals surface area contributed by atoms with E-state index in [1.165, 1.54) is 23.2 Å². The summed E-state index contributed by atoms with van der Waals surface area (Å²) in [6, 6.07) is 10.0. The first-order valence-corrected chi connectivity index (χ1v) is 12.8. The lowest BCUT2D eigenvalue weighted by molar-refractivity contribution is -0.384. The lowest BCUT2D eigenvalue weighted by Gasteiger charge is -2.45. The average molecular weight is 548 g/mol. The van der Waals surface area contributed by atoms with Gasteiger partial charge >= 0.3 is 6.09 Å². The van der Waals surface area contributed by atoms with E-state index < -0.39 is 28.4 Å². The third-order valence-corrected chi connectivity index (χ3v) is 6.80. The number of halogens is 1. The van der Waals surface area contributed by atoms with Crippen molar-refractivity contribution in [2.45, 2.75) is 64.1 Å². The van der Waals surface area contributed by atoms with Crippen molar-refractivity contribution >= 4 is 29.1 Å². The van der Waals surface area contributed by atoms with Gasteiger partial charge in [0.2, 0.25) is 0 Å². The first kappa shape index (κ1) is 28.2. The number of pyridine rings is 2. The van der Waals surface area contributed by atoms with Gasteiger partial charge in [-0.3, -0.25) is 20.0 Å². The van der Waals surface area contributed by atoms with Gasteiger partial charge in [0.05, 0.1) is 28.4 Å². The number of nitrogens with one attached hydrogen (secondary N) is 2. The van der Waals surface area contributed by atoms with Crippen LogP contribution in [0.3, 0.4) is 0 Å². The number of amides is 1. The van der Waals surface area contributed by atoms with Crippen LogP contribution in [0.2, 0.25) is 0 Å². The molecule has 40 heavy (non-hydrogen) atoms. The number of hydrogen-bond donors (Lipinski definition) is 3. The number of rotatable bonds is 7. The highest BCUT2D eigenvalue weighted by Crippen LogP contribution is 2.33. The third kappa shape index (κ3) is 6.26. The van der Waals surface area contributed by atoms with E-state index in [1.807, 2.05) is 26.8 Å². The normalized spacial score (nSPS) is 17.0. The number of nitriles is 1. The maximum absolute atomic E-state index is 15.1. The van der Waals surface area contributed by atoms with Crippen molar-refractivity contribution in [3.63, 3.8) is 0 Å². The zero-order valence-electron chi connectivity index (χ0n) is 22.4. The van der Waals surface area contributed by atoms with Crippen molar-refractivity contribution in [2.75, 3.05) is 10.6 Å². The van der Waals surface area contributed by atoms with Crippen LogP contribution in [0.15, 0.2) is 48.8 Å². The van der Waals surface area contributed by atoms with E-state index in [2.05, 4.69) is 20.6 Å². The van der Waals surface area contributed by atoms with Crippen molar-refractivity contribution in [3.05, 3.63) is 70.3 Å². The number of non-ortho nitro benzene ring substituents is 1. The van der Waals surface area contributed by atoms with Crippen LogP contribution < -0.4 is 10.6 Å². The second-order valence-corrected chi connectivity index (χ2v) is 10.6. The molecule has 3 N–H and O–H groups in total. The van der Waals surface area contributed by atoms with Crippen LogP contribution in [-0.2, 0) is 0 Å². The summed E-state index contributed by atoms with van der Waals surface area (Å²) >= 11 is 0. The van der Waals surface area contributed by atoms with Crippen molar-refractivity contribution in [1.29, 1.82) is 5.26 Å². The summed E-state index contributed by atoms with van der Waals surface area (Å²) in [5, 5.41) is 36.9. The molecule has 0 bridgehead atoms. The second kappa shape index (κ2) is 11.5. The Morgan fingerprint density at radius 1 is 1.18 bits per heavy atom. The fraction of sp³-hybridized carbons (Fsp3) is 0.357. The molecule has 1 aliphatic rings. The SMILES string of the molecule is CC(C)(C)N(C(=O)O)[C@H]1CCCC[C@H]1Nc1nc(Nc2cncc(-c3cccc([N+](=O)[O-])c3)c2)c(C#N)cc1F. The molecule has 12 heteroatoms. The van der Waals surface area contributed by atoms with Crippen LogP contribution in [0.1, 0.15) is 52.0 Å². The highest BCUT2D eigenvalue weighted by molar-refractivity contribution is 5.72. The Labute approximate surface area is 230 Å². The van der Waals surface area contributed by atoms with Gasteiger partial charge in [-0.2, -0.15) is 5.26 Å². The summed E-state index contributed by atoms with van der Waals surface area (Å²) in [5.41, 5.74) is 0.845. The second-order valence-electron chi connectivity index (χ2n) is 10.6. The van der Waals surface area contributed by atoms with E-state index in [9.17, 15) is 25.3 Å². The molecule has 3 aromatic rings. The molecule has 2 atom stereocenters. The molecule has 0 aliphatic heterocycles. The number of nitro benzene ring substituents is 1. The molecular formula is C28H30FN7O4. The highest BCUT2D eigenvalue weighted by atomic mass is 19.1. The number of carbonyl (C=O) groups is 1. The van der Waals surface area contributed by atoms with E-state index in [0.29, 0.717) is 29.7 Å². The summed E-state index contributed by atoms with van der Waals surface area (Å²) in [6.07, 6.45) is 4.96. The van der Waals surface area contributed by atoms with Crippen LogP contribution in [0.25, 0.3) is 11.1 Å². The molecule has 0 saturated heterocycles. The summed E-state index contributed by atoms with van der Waals surface area (Å²) in [5.74, 6) is -0.740. The molecule has 1 amide bonds. The molecule has 208 valence electrons. The number of nitro groups is 1. The van der Waals surface area contributed by atoms with Crippen LogP contribution in [-0.4, -0.2) is 48.6 Å². The van der Waals surface area contributed by atoms with Gasteiger partial charge in [0.15, 0.2) is 17.5 Å². The minimum Gasteiger partial charge on any atom is -0.465 e. The lowest BCUT2D eigenvalue weighted by atomic mass is 9.86. The fourth-order valence-electron chi connectivity index (χ4n) is 5.06. The monoisotopic (exact) mass is 547 g/mol. The molecule has 0 radical (unpaired) electrons. The van der Waals surface area contributed by atoms with Crippen molar-refractivity contribution in [2.24, 2.45) is 0 Å². The standard InChI is InChI=1S/C28H30FN7O4/c1-28(2,3)35(27(37)38)24-10-5-4-9-23(24)33-26-22(29)13-18(14-30)25(34-26)32-20-11-19(15-31-16-20)17-7-6-8-21(12-17)36(39)40/h6-8,11-13,15-16,23-24H,4-5,9-10H2,1-3H3,(H,37,38)(H2,32,33,34)/t23-,24+/m1/s1. The summed E-state index contributed by atoms with van der Waals surface area (Å²) < 4.78 is 15.1. The van der Waals surface area contributed by atoms with Gasteiger partial charge < -0.3 is 15.7 Å². The zero-order valence-corrected chi connectivity index (χ0v) is 22.4. The van der Waals surface area contributed by atoms with Crippen molar-refractivity contribution < 1.29 is 19.2 Å². The molecule has 1 saturated carbocycles. The van der Waals surface area contributed by atoms with E-state index in [4.69, 9.17) is 0 Å². The molecule has 11 nitrogen and oxygen atoms in total. The maximum Gasteiger partial charge on any atom is 0.408 e. The summed E-state index contributed by atoms with van der Waals surface area (Å²) in [4.78, 5) is 32.8. The molecule has 2 aromatic heterocycles. The van der Waals surface area contributed by atoms with Crippen LogP contribution >= 0.6 is 0 Å². The smallest absolute Gasteiger partial charge is 0.408 e. The van der Waals surface area contributed by atoms with Gasteiger partial charge in [-0.1, -0.05) is 25.0 Å². The Kier molecular flexibility index (Phi) is 8.13. The lowest BCUT2D eigenvalue weighted by Crippen LogP contribution is -2.58. The van der Waals surface area contributed by atoms with Gasteiger partial charge in [-0.15, -0.1) is 0 Å². The van der Waals surface area contributed by atoms with Gasteiger partial charge in [0.25, 0.3) is 5.69 Å². The van der Waals surface area contributed by atoms with Gasteiger partial charge in [0.1, 0.15) is 6.07 Å². The largest absolute Gasteiger partial charge is 0.465 e. The van der Waals surface area contributed by atoms with E-state index >= 15 is 4.39 Å². The predicted octanol–water partition coefficient (Wildman–Crippen LogP) is 6.31. The minimum atomic E-state index is -1.04. The summed E-state index contributed by atoms with van der Waals surface area (Å²) in [7, 11) is 0. The highest BCUT2D eigenvalue weighted by Gasteiger charge is 2.39. The summed E-state index contributed by atoms with van der Waals surface area (Å²) in [6.45, 7) is 5.47. The Morgan fingerprint density at radius 2 is 1.93 bits per heavy atom. The Bertz CT molecular complexity index is 1470. The molecule has 1 aromatic carbocycles. The van der Waals surface area contributed by atoms with Crippen molar-refractivity contribution in [3.8, 4) is 17.2 Å². The number of nitrogens with zero attached hydrogens (tertiary/aromatic N) is 5. The molecule has 4 rings (SSSR count). The first-order valence-electron chi connectivity index (χ1n) is 12.8. The Balaban J connectivity index is 1.64. The zero-order chi connectivity index (χ0) is 29.0. The van der Waals surface area contributed by atoms with Gasteiger partial charge in [-0.25, -0.2) is 14.2 Å². The Hall–Kier alpha value is -4.79. The fourth-order valence-corrected chi connectivity index (χ4v) is 5.06. The molecule has 0 spiro atoms. The van der Waals surface area contributed by atoms with E-state index in [0.717, 1.165) is 18.9 Å². The number of aromatic nitrogens is 2. The Morgan fingerprint density at radius 3 is 2.60 bits per heavy atom. The first-order chi connectivity index (χ1) is 19.0. The molecule has 1 fully saturated rings. The quantitative estimate of drug-likeness (QED) is 0.228. The van der Waals surface area contributed by atoms with Gasteiger partial charge in [-0.05, 0) is 51.3 Å². The van der Waals surface area contributed by atoms with E-state index in [1.54, 1.807) is 24.4 Å². The number of hydrogen-bond acceptors (Lipinski definition) is 8. The average Bonchev–Trinajstić information content (AvgIpc) is 2.90. The maximum atomic E-state index is 15.1. The van der Waals surface area contributed by atoms with Gasteiger partial charge in [0, 0.05) is 35.5 Å². The van der Waals surface area contributed by atoms with Crippen molar-refractivity contribution in [1.82, 2.24) is 14.9 Å². The predicted molar refractivity (Wildman–Crippen MR) is 148 cm³/mol. The topological polar surface area (TPSA) is 157 Å². The number of anilines is 3. The van der Waals surface area contributed by atoms with E-state index in [-0.39, 0.29) is 28.9 Å². The molecule has 2 heterocycles. The molecule has 1 aliphatic carbocycles. The minimum absolute atomic E-state index is 0.0362. The molecule has 0 unspecified atom stereocenters. The van der Waals surface area contributed by atoms with Crippen LogP contribution in [0, 0.1) is 27.3 Å². The third-order valence-electron chi connectivity index (χ3n) is 6.80. The van der Waals surface area contributed by atoms with Crippen LogP contribution in [0.4, 0.5) is 32.2 Å². The molecular weight excluding hydrogens is 517 g/mol.